The van der Waals surface area contributed by atoms with Crippen molar-refractivity contribution >= 4 is 0 Å². The summed E-state index contributed by atoms with van der Waals surface area (Å²) in [5.41, 5.74) is 0.656. The SMILES string of the molecule is C#CC(O)c1ccc(OCCO)cc1. The van der Waals surface area contributed by atoms with E-state index in [1.54, 1.807) is 24.3 Å². The normalized spacial score (nSPS) is 11.8. The Balaban J connectivity index is 2.65. The molecule has 1 aromatic carbocycles. The van der Waals surface area contributed by atoms with Crippen molar-refractivity contribution in [3.05, 3.63) is 29.8 Å². The third-order valence-electron chi connectivity index (χ3n) is 1.71. The van der Waals surface area contributed by atoms with Crippen LogP contribution in [0, 0.1) is 12.3 Å². The van der Waals surface area contributed by atoms with Crippen LogP contribution in [0.15, 0.2) is 24.3 Å². The molecular formula is C11H12O3. The Labute approximate surface area is 83.0 Å². The number of benzene rings is 1. The zero-order chi connectivity index (χ0) is 10.4. The molecule has 14 heavy (non-hydrogen) atoms. The van der Waals surface area contributed by atoms with Gasteiger partial charge in [0.15, 0.2) is 0 Å². The molecule has 0 bridgehead atoms. The van der Waals surface area contributed by atoms with Crippen molar-refractivity contribution in [1.29, 1.82) is 0 Å². The predicted molar refractivity (Wildman–Crippen MR) is 52.8 cm³/mol. The maximum absolute atomic E-state index is 9.28. The minimum Gasteiger partial charge on any atom is -0.491 e. The van der Waals surface area contributed by atoms with Gasteiger partial charge in [0.05, 0.1) is 6.61 Å². The van der Waals surface area contributed by atoms with E-state index in [-0.39, 0.29) is 13.2 Å². The molecule has 0 aliphatic carbocycles. The van der Waals surface area contributed by atoms with Crippen LogP contribution >= 0.6 is 0 Å². The summed E-state index contributed by atoms with van der Waals surface area (Å²) in [7, 11) is 0. The molecule has 0 saturated heterocycles. The number of aliphatic hydroxyl groups is 2. The van der Waals surface area contributed by atoms with Gasteiger partial charge in [0.1, 0.15) is 18.5 Å². The fourth-order valence-electron chi connectivity index (χ4n) is 1.01. The van der Waals surface area contributed by atoms with Crippen molar-refractivity contribution in [1.82, 2.24) is 0 Å². The second kappa shape index (κ2) is 5.28. The summed E-state index contributed by atoms with van der Waals surface area (Å²) < 4.78 is 5.14. The zero-order valence-corrected chi connectivity index (χ0v) is 7.68. The van der Waals surface area contributed by atoms with Gasteiger partial charge in [0, 0.05) is 0 Å². The van der Waals surface area contributed by atoms with E-state index in [0.717, 1.165) is 0 Å². The Bertz CT molecular complexity index is 310. The molecule has 0 radical (unpaired) electrons. The highest BCUT2D eigenvalue weighted by Gasteiger charge is 2.02. The highest BCUT2D eigenvalue weighted by Crippen LogP contribution is 2.16. The van der Waals surface area contributed by atoms with Crippen molar-refractivity contribution in [3.63, 3.8) is 0 Å². The largest absolute Gasteiger partial charge is 0.491 e. The summed E-state index contributed by atoms with van der Waals surface area (Å²) >= 11 is 0. The van der Waals surface area contributed by atoms with Gasteiger partial charge in [-0.2, -0.15) is 0 Å². The monoisotopic (exact) mass is 192 g/mol. The number of rotatable bonds is 4. The van der Waals surface area contributed by atoms with Crippen LogP contribution in [0.25, 0.3) is 0 Å². The van der Waals surface area contributed by atoms with Crippen LogP contribution in [0.2, 0.25) is 0 Å². The van der Waals surface area contributed by atoms with Crippen LogP contribution in [0.4, 0.5) is 0 Å². The average Bonchev–Trinajstić information content (AvgIpc) is 2.26. The van der Waals surface area contributed by atoms with Crippen LogP contribution in [0.5, 0.6) is 5.75 Å². The smallest absolute Gasteiger partial charge is 0.139 e. The van der Waals surface area contributed by atoms with Crippen LogP contribution in [-0.2, 0) is 0 Å². The van der Waals surface area contributed by atoms with Gasteiger partial charge in [0.25, 0.3) is 0 Å². The first kappa shape index (κ1) is 10.6. The minimum absolute atomic E-state index is 0.0191. The van der Waals surface area contributed by atoms with Crippen LogP contribution in [0.3, 0.4) is 0 Å². The average molecular weight is 192 g/mol. The van der Waals surface area contributed by atoms with Crippen LogP contribution < -0.4 is 4.74 Å². The lowest BCUT2D eigenvalue weighted by Gasteiger charge is -2.06. The summed E-state index contributed by atoms with van der Waals surface area (Å²) in [6.07, 6.45) is 4.18. The maximum Gasteiger partial charge on any atom is 0.139 e. The molecule has 0 heterocycles. The van der Waals surface area contributed by atoms with Gasteiger partial charge in [0.2, 0.25) is 0 Å². The van der Waals surface area contributed by atoms with Crippen molar-refractivity contribution < 1.29 is 14.9 Å². The second-order valence-electron chi connectivity index (χ2n) is 2.71. The maximum atomic E-state index is 9.28. The molecule has 0 spiro atoms. The standard InChI is InChI=1S/C11H12O3/c1-2-11(13)9-3-5-10(6-4-9)14-8-7-12/h1,3-6,11-13H,7-8H2. The van der Waals surface area contributed by atoms with E-state index < -0.39 is 6.10 Å². The van der Waals surface area contributed by atoms with Crippen LogP contribution in [0.1, 0.15) is 11.7 Å². The molecule has 1 aromatic rings. The lowest BCUT2D eigenvalue weighted by Crippen LogP contribution is -2.01. The highest BCUT2D eigenvalue weighted by molar-refractivity contribution is 5.31. The first-order valence-electron chi connectivity index (χ1n) is 4.25. The van der Waals surface area contributed by atoms with E-state index in [0.29, 0.717) is 11.3 Å². The second-order valence-corrected chi connectivity index (χ2v) is 2.71. The van der Waals surface area contributed by atoms with Gasteiger partial charge in [-0.25, -0.2) is 0 Å². The summed E-state index contributed by atoms with van der Waals surface area (Å²) in [5, 5.41) is 17.8. The number of hydrogen-bond acceptors (Lipinski definition) is 3. The Morgan fingerprint density at radius 2 is 2.00 bits per heavy atom. The summed E-state index contributed by atoms with van der Waals surface area (Å²) in [6, 6.07) is 6.78. The van der Waals surface area contributed by atoms with Gasteiger partial charge in [-0.15, -0.1) is 6.42 Å². The molecule has 0 fully saturated rings. The molecule has 0 aliphatic rings. The van der Waals surface area contributed by atoms with E-state index in [4.69, 9.17) is 16.3 Å². The number of terminal acetylenes is 1. The first-order valence-corrected chi connectivity index (χ1v) is 4.25. The van der Waals surface area contributed by atoms with Gasteiger partial charge in [-0.1, -0.05) is 18.1 Å². The highest BCUT2D eigenvalue weighted by atomic mass is 16.5. The lowest BCUT2D eigenvalue weighted by atomic mass is 10.1. The minimum atomic E-state index is -0.873. The molecule has 1 unspecified atom stereocenters. The molecular weight excluding hydrogens is 180 g/mol. The van der Waals surface area contributed by atoms with Crippen molar-refractivity contribution in [2.24, 2.45) is 0 Å². The summed E-state index contributed by atoms with van der Waals surface area (Å²) in [6.45, 7) is 0.242. The third-order valence-corrected chi connectivity index (χ3v) is 1.71. The van der Waals surface area contributed by atoms with Gasteiger partial charge in [-0.3, -0.25) is 0 Å². The van der Waals surface area contributed by atoms with E-state index in [2.05, 4.69) is 5.92 Å². The molecule has 0 saturated carbocycles. The Morgan fingerprint density at radius 3 is 2.50 bits per heavy atom. The Morgan fingerprint density at radius 1 is 1.36 bits per heavy atom. The molecule has 0 aromatic heterocycles. The Kier molecular flexibility index (Phi) is 3.99. The molecule has 1 atom stereocenters. The number of hydrogen-bond donors (Lipinski definition) is 2. The molecule has 3 nitrogen and oxygen atoms in total. The third kappa shape index (κ3) is 2.77. The van der Waals surface area contributed by atoms with Gasteiger partial charge < -0.3 is 14.9 Å². The summed E-state index contributed by atoms with van der Waals surface area (Å²) in [5.74, 6) is 2.86. The number of aliphatic hydroxyl groups excluding tert-OH is 2. The fraction of sp³-hybridized carbons (Fsp3) is 0.273. The molecule has 0 amide bonds. The van der Waals surface area contributed by atoms with E-state index in [1.165, 1.54) is 0 Å². The van der Waals surface area contributed by atoms with Crippen molar-refractivity contribution in [2.75, 3.05) is 13.2 Å². The summed E-state index contributed by atoms with van der Waals surface area (Å²) in [4.78, 5) is 0. The van der Waals surface area contributed by atoms with E-state index in [1.807, 2.05) is 0 Å². The molecule has 74 valence electrons. The predicted octanol–water partition coefficient (Wildman–Crippen LogP) is 0.724. The molecule has 2 N–H and O–H groups in total. The van der Waals surface area contributed by atoms with Crippen molar-refractivity contribution in [2.45, 2.75) is 6.10 Å². The number of ether oxygens (including phenoxy) is 1. The molecule has 1 rings (SSSR count). The fourth-order valence-corrected chi connectivity index (χ4v) is 1.01. The first-order chi connectivity index (χ1) is 6.77. The molecule has 0 aliphatic heterocycles. The van der Waals surface area contributed by atoms with Crippen molar-refractivity contribution in [3.8, 4) is 18.1 Å². The quantitative estimate of drug-likeness (QED) is 0.691. The zero-order valence-electron chi connectivity index (χ0n) is 7.68. The van der Waals surface area contributed by atoms with Crippen LogP contribution in [-0.4, -0.2) is 23.4 Å². The van der Waals surface area contributed by atoms with Gasteiger partial charge in [-0.05, 0) is 17.7 Å². The topological polar surface area (TPSA) is 49.7 Å². The van der Waals surface area contributed by atoms with Gasteiger partial charge >= 0.3 is 0 Å². The molecule has 3 heteroatoms. The van der Waals surface area contributed by atoms with E-state index >= 15 is 0 Å². The Hall–Kier alpha value is -1.50. The lowest BCUT2D eigenvalue weighted by molar-refractivity contribution is 0.201. The van der Waals surface area contributed by atoms with E-state index in [9.17, 15) is 5.11 Å².